The van der Waals surface area contributed by atoms with Crippen LogP contribution in [-0.2, 0) is 6.42 Å². The fourth-order valence-corrected chi connectivity index (χ4v) is 3.47. The highest BCUT2D eigenvalue weighted by atomic mass is 32.1. The Morgan fingerprint density at radius 3 is 2.40 bits per heavy atom. The van der Waals surface area contributed by atoms with Gasteiger partial charge >= 0.3 is 0 Å². The second kappa shape index (κ2) is 9.41. The maximum absolute atomic E-state index is 4.64. The van der Waals surface area contributed by atoms with Crippen molar-refractivity contribution in [3.63, 3.8) is 0 Å². The number of rotatable bonds is 10. The Morgan fingerprint density at radius 2 is 1.90 bits per heavy atom. The summed E-state index contributed by atoms with van der Waals surface area (Å²) in [7, 11) is 2.23. The molecule has 0 aromatic carbocycles. The molecule has 0 bridgehead atoms. The van der Waals surface area contributed by atoms with E-state index in [1.807, 2.05) is 12.3 Å². The molecule has 0 aliphatic heterocycles. The molecule has 20 heavy (non-hydrogen) atoms. The van der Waals surface area contributed by atoms with Crippen LogP contribution < -0.4 is 0 Å². The van der Waals surface area contributed by atoms with Crippen molar-refractivity contribution in [3.8, 4) is 0 Å². The summed E-state index contributed by atoms with van der Waals surface area (Å²) in [5.41, 5.74) is 1.56. The summed E-state index contributed by atoms with van der Waals surface area (Å²) in [6.45, 7) is 6.77. The molecule has 0 N–H and O–H groups in total. The summed E-state index contributed by atoms with van der Waals surface area (Å²) in [6.07, 6.45) is 7.94. The Hall–Kier alpha value is -0.540. The van der Waals surface area contributed by atoms with Crippen molar-refractivity contribution in [1.29, 1.82) is 0 Å². The van der Waals surface area contributed by atoms with Gasteiger partial charge in [-0.3, -0.25) is 4.98 Å². The largest absolute Gasteiger partial charge is 0.305 e. The van der Waals surface area contributed by atoms with Crippen LogP contribution in [0.3, 0.4) is 0 Å². The van der Waals surface area contributed by atoms with E-state index in [0.29, 0.717) is 5.41 Å². The van der Waals surface area contributed by atoms with E-state index >= 15 is 0 Å². The molecule has 1 aromatic heterocycles. The summed E-state index contributed by atoms with van der Waals surface area (Å²) in [5, 5.41) is 0. The first kappa shape index (κ1) is 17.5. The van der Waals surface area contributed by atoms with E-state index in [2.05, 4.69) is 55.5 Å². The number of aromatic nitrogens is 1. The topological polar surface area (TPSA) is 16.1 Å². The molecule has 0 aliphatic rings. The fraction of sp³-hybridized carbons (Fsp3) is 0.706. The lowest BCUT2D eigenvalue weighted by Crippen LogP contribution is -2.38. The molecule has 0 atom stereocenters. The first-order valence-electron chi connectivity index (χ1n) is 7.85. The number of pyridine rings is 1. The molecule has 0 radical (unpaired) electrons. The van der Waals surface area contributed by atoms with Gasteiger partial charge < -0.3 is 4.90 Å². The second-order valence-corrected chi connectivity index (χ2v) is 6.28. The van der Waals surface area contributed by atoms with Crippen LogP contribution in [0.25, 0.3) is 0 Å². The van der Waals surface area contributed by atoms with E-state index < -0.39 is 0 Å². The van der Waals surface area contributed by atoms with Crippen LogP contribution >= 0.6 is 12.6 Å². The van der Waals surface area contributed by atoms with Gasteiger partial charge in [-0.2, -0.15) is 12.6 Å². The van der Waals surface area contributed by atoms with Crippen LogP contribution in [0.15, 0.2) is 24.4 Å². The van der Waals surface area contributed by atoms with Crippen molar-refractivity contribution in [2.75, 3.05) is 25.9 Å². The minimum absolute atomic E-state index is 0.380. The van der Waals surface area contributed by atoms with Crippen molar-refractivity contribution in [2.24, 2.45) is 5.41 Å². The lowest BCUT2D eigenvalue weighted by molar-refractivity contribution is 0.171. The minimum atomic E-state index is 0.380. The van der Waals surface area contributed by atoms with Gasteiger partial charge in [-0.05, 0) is 43.2 Å². The van der Waals surface area contributed by atoms with E-state index in [1.54, 1.807) is 0 Å². The van der Waals surface area contributed by atoms with Crippen molar-refractivity contribution in [2.45, 2.75) is 46.0 Å². The van der Waals surface area contributed by atoms with Gasteiger partial charge in [0.25, 0.3) is 0 Å². The van der Waals surface area contributed by atoms with Crippen LogP contribution in [0.1, 0.15) is 45.2 Å². The zero-order valence-corrected chi connectivity index (χ0v) is 14.2. The first-order valence-corrected chi connectivity index (χ1v) is 8.48. The minimum Gasteiger partial charge on any atom is -0.305 e. The highest BCUT2D eigenvalue weighted by Crippen LogP contribution is 2.32. The van der Waals surface area contributed by atoms with E-state index in [1.165, 1.54) is 31.4 Å². The van der Waals surface area contributed by atoms with Gasteiger partial charge in [-0.1, -0.05) is 32.8 Å². The monoisotopic (exact) mass is 294 g/mol. The van der Waals surface area contributed by atoms with Crippen LogP contribution in [0.2, 0.25) is 0 Å². The molecule has 1 rings (SSSR count). The third-order valence-corrected chi connectivity index (χ3v) is 4.65. The lowest BCUT2D eigenvalue weighted by atomic mass is 9.80. The first-order chi connectivity index (χ1) is 9.65. The van der Waals surface area contributed by atoms with Gasteiger partial charge in [-0.25, -0.2) is 0 Å². The molecule has 0 saturated carbocycles. The number of likely N-dealkylation sites (N-methyl/N-ethyl adjacent to an activating group) is 1. The molecule has 2 nitrogen and oxygen atoms in total. The summed E-state index contributed by atoms with van der Waals surface area (Å²) < 4.78 is 0. The van der Waals surface area contributed by atoms with Gasteiger partial charge in [0.1, 0.15) is 0 Å². The second-order valence-electron chi connectivity index (χ2n) is 5.97. The zero-order valence-electron chi connectivity index (χ0n) is 13.3. The highest BCUT2D eigenvalue weighted by Gasteiger charge is 2.28. The maximum Gasteiger partial charge on any atom is 0.0416 e. The van der Waals surface area contributed by atoms with E-state index in [-0.39, 0.29) is 0 Å². The normalized spacial score (nSPS) is 12.1. The smallest absolute Gasteiger partial charge is 0.0416 e. The predicted octanol–water partition coefficient (Wildman–Crippen LogP) is 4.07. The summed E-state index contributed by atoms with van der Waals surface area (Å²) in [6, 6.07) is 6.15. The molecule has 3 heteroatoms. The predicted molar refractivity (Wildman–Crippen MR) is 91.5 cm³/mol. The summed E-state index contributed by atoms with van der Waals surface area (Å²) in [5.74, 6) is 0.989. The van der Waals surface area contributed by atoms with Crippen molar-refractivity contribution >= 4 is 12.6 Å². The number of hydrogen-bond acceptors (Lipinski definition) is 3. The van der Waals surface area contributed by atoms with Gasteiger partial charge in [0.2, 0.25) is 0 Å². The Morgan fingerprint density at radius 1 is 1.20 bits per heavy atom. The Bertz CT molecular complexity index is 347. The molecule has 0 unspecified atom stereocenters. The molecule has 0 amide bonds. The molecule has 0 aliphatic carbocycles. The average Bonchev–Trinajstić information content (AvgIpc) is 2.46. The third-order valence-electron chi connectivity index (χ3n) is 3.98. The molecule has 0 spiro atoms. The Labute approximate surface area is 130 Å². The van der Waals surface area contributed by atoms with Crippen LogP contribution in [0, 0.1) is 5.41 Å². The van der Waals surface area contributed by atoms with Gasteiger partial charge in [-0.15, -0.1) is 0 Å². The lowest BCUT2D eigenvalue weighted by Gasteiger charge is -2.36. The standard InChI is InChI=1S/C17H30N2S/c1-4-10-17(15-20,11-5-2)14-19(3)13-9-16-8-6-7-12-18-16/h6-8,12,20H,4-5,9-11,13-15H2,1-3H3. The van der Waals surface area contributed by atoms with Crippen molar-refractivity contribution in [1.82, 2.24) is 9.88 Å². The Balaban J connectivity index is 2.50. The Kier molecular flexibility index (Phi) is 8.24. The van der Waals surface area contributed by atoms with E-state index in [9.17, 15) is 0 Å². The number of thiol groups is 1. The SMILES string of the molecule is CCCC(CS)(CCC)CN(C)CCc1ccccn1. The number of nitrogens with zero attached hydrogens (tertiary/aromatic N) is 2. The summed E-state index contributed by atoms with van der Waals surface area (Å²) >= 11 is 4.64. The molecule has 1 heterocycles. The van der Waals surface area contributed by atoms with Gasteiger partial charge in [0.05, 0.1) is 0 Å². The van der Waals surface area contributed by atoms with E-state index in [4.69, 9.17) is 0 Å². The molecule has 114 valence electrons. The zero-order chi connectivity index (χ0) is 14.8. The maximum atomic E-state index is 4.64. The molecule has 0 fully saturated rings. The van der Waals surface area contributed by atoms with Crippen molar-refractivity contribution < 1.29 is 0 Å². The van der Waals surface area contributed by atoms with Crippen molar-refractivity contribution in [3.05, 3.63) is 30.1 Å². The van der Waals surface area contributed by atoms with Gasteiger partial charge in [0.15, 0.2) is 0 Å². The molecular weight excluding hydrogens is 264 g/mol. The fourth-order valence-electron chi connectivity index (χ4n) is 3.05. The number of hydrogen-bond donors (Lipinski definition) is 1. The van der Waals surface area contributed by atoms with Crippen LogP contribution in [-0.4, -0.2) is 35.8 Å². The van der Waals surface area contributed by atoms with E-state index in [0.717, 1.165) is 25.3 Å². The van der Waals surface area contributed by atoms with Gasteiger partial charge in [0, 0.05) is 31.4 Å². The van der Waals surface area contributed by atoms with Crippen LogP contribution in [0.4, 0.5) is 0 Å². The summed E-state index contributed by atoms with van der Waals surface area (Å²) in [4.78, 5) is 6.85. The molecule has 1 aromatic rings. The molecule has 0 saturated heterocycles. The molecular formula is C17H30N2S. The highest BCUT2D eigenvalue weighted by molar-refractivity contribution is 7.80. The third kappa shape index (κ3) is 5.84. The quantitative estimate of drug-likeness (QED) is 0.655. The van der Waals surface area contributed by atoms with Crippen LogP contribution in [0.5, 0.6) is 0 Å². The average molecular weight is 295 g/mol.